The predicted molar refractivity (Wildman–Crippen MR) is 66.3 cm³/mol. The van der Waals surface area contributed by atoms with Gasteiger partial charge >= 0.3 is 5.69 Å². The summed E-state index contributed by atoms with van der Waals surface area (Å²) in [4.78, 5) is 15.5. The van der Waals surface area contributed by atoms with Gasteiger partial charge in [-0.2, -0.15) is 4.98 Å². The van der Waals surface area contributed by atoms with Crippen molar-refractivity contribution >= 4 is 5.82 Å². The van der Waals surface area contributed by atoms with Crippen LogP contribution >= 0.6 is 0 Å². The fraction of sp³-hybridized carbons (Fsp3) is 0.636. The average Bonchev–Trinajstić information content (AvgIpc) is 2.74. The number of hydrogen-bond acceptors (Lipinski definition) is 8. The Balaban J connectivity index is 2.41. The van der Waals surface area contributed by atoms with Crippen molar-refractivity contribution in [1.29, 1.82) is 0 Å². The number of anilines is 1. The third-order valence-corrected chi connectivity index (χ3v) is 3.31. The van der Waals surface area contributed by atoms with Crippen LogP contribution < -0.4 is 11.2 Å². The van der Waals surface area contributed by atoms with Crippen LogP contribution in [0.5, 0.6) is 0 Å². The molecule has 0 radical (unpaired) electrons. The highest BCUT2D eigenvalue weighted by molar-refractivity contribution is 5.39. The molecule has 1 aliphatic rings. The Hall–Kier alpha value is -1.52. The summed E-state index contributed by atoms with van der Waals surface area (Å²) in [5, 5.41) is 37.5. The Morgan fingerprint density at radius 2 is 2.15 bits per heavy atom. The van der Waals surface area contributed by atoms with Crippen LogP contribution in [0.15, 0.2) is 11.0 Å². The Bertz CT molecular complexity index is 533. The van der Waals surface area contributed by atoms with Gasteiger partial charge in [0.25, 0.3) is 0 Å². The summed E-state index contributed by atoms with van der Waals surface area (Å²) in [6.45, 7) is 1.32. The van der Waals surface area contributed by atoms with Crippen molar-refractivity contribution in [2.24, 2.45) is 0 Å². The van der Waals surface area contributed by atoms with E-state index >= 15 is 0 Å². The van der Waals surface area contributed by atoms with E-state index in [1.165, 1.54) is 6.20 Å². The van der Waals surface area contributed by atoms with Crippen LogP contribution in [-0.4, -0.2) is 55.0 Å². The van der Waals surface area contributed by atoms with Gasteiger partial charge in [-0.3, -0.25) is 15.3 Å². The number of rotatable bonds is 4. The highest BCUT2D eigenvalue weighted by Gasteiger charge is 2.43. The highest BCUT2D eigenvalue weighted by atomic mass is 16.6. The monoisotopic (exact) mass is 287 g/mol. The number of ether oxygens (including phenoxy) is 1. The van der Waals surface area contributed by atoms with Gasteiger partial charge in [0, 0.05) is 11.8 Å². The van der Waals surface area contributed by atoms with Gasteiger partial charge in [-0.25, -0.2) is 4.79 Å². The Morgan fingerprint density at radius 1 is 1.45 bits per heavy atom. The van der Waals surface area contributed by atoms with E-state index in [2.05, 4.69) is 4.98 Å². The Kier molecular flexibility index (Phi) is 4.35. The van der Waals surface area contributed by atoms with Crippen LogP contribution in [0.1, 0.15) is 18.7 Å². The van der Waals surface area contributed by atoms with Gasteiger partial charge in [0.15, 0.2) is 12.0 Å². The topological polar surface area (TPSA) is 137 Å². The molecule has 5 N–H and O–H groups in total. The van der Waals surface area contributed by atoms with Crippen molar-refractivity contribution in [2.75, 3.05) is 12.1 Å². The largest absolute Gasteiger partial charge is 0.394 e. The highest BCUT2D eigenvalue weighted by Crippen LogP contribution is 2.28. The summed E-state index contributed by atoms with van der Waals surface area (Å²) >= 11 is 0. The molecule has 1 aliphatic heterocycles. The van der Waals surface area contributed by atoms with Gasteiger partial charge in [-0.05, 0) is 6.42 Å². The van der Waals surface area contributed by atoms with Crippen LogP contribution in [0.3, 0.4) is 0 Å². The molecule has 0 spiro atoms. The van der Waals surface area contributed by atoms with Gasteiger partial charge in [-0.15, -0.1) is 0 Å². The van der Waals surface area contributed by atoms with Gasteiger partial charge in [0.1, 0.15) is 18.3 Å². The number of aliphatic hydroxyl groups is 3. The first-order chi connectivity index (χ1) is 9.53. The normalized spacial score (nSPS) is 29.6. The molecule has 2 unspecified atom stereocenters. The lowest BCUT2D eigenvalue weighted by atomic mass is 10.1. The maximum absolute atomic E-state index is 11.9. The van der Waals surface area contributed by atoms with Gasteiger partial charge < -0.3 is 20.1 Å². The summed E-state index contributed by atoms with van der Waals surface area (Å²) in [5.41, 5.74) is 1.60. The first kappa shape index (κ1) is 14.9. The number of aliphatic hydroxyl groups excluding tert-OH is 3. The lowest BCUT2D eigenvalue weighted by molar-refractivity contribution is -0.0550. The second-order valence-corrected chi connectivity index (χ2v) is 4.50. The molecule has 20 heavy (non-hydrogen) atoms. The third kappa shape index (κ3) is 2.41. The minimum Gasteiger partial charge on any atom is -0.394 e. The van der Waals surface area contributed by atoms with Crippen molar-refractivity contribution in [3.8, 4) is 0 Å². The summed E-state index contributed by atoms with van der Waals surface area (Å²) in [6.07, 6.45) is -2.90. The molecule has 1 fully saturated rings. The van der Waals surface area contributed by atoms with E-state index in [0.29, 0.717) is 12.0 Å². The van der Waals surface area contributed by atoms with Crippen LogP contribution in [0, 0.1) is 0 Å². The van der Waals surface area contributed by atoms with E-state index in [1.807, 2.05) is 5.48 Å². The molecule has 1 saturated heterocycles. The quantitative estimate of drug-likeness (QED) is 0.410. The maximum atomic E-state index is 11.9. The van der Waals surface area contributed by atoms with Crippen molar-refractivity contribution in [2.45, 2.75) is 37.9 Å². The average molecular weight is 287 g/mol. The minimum atomic E-state index is -1.36. The number of aryl methyl sites for hydroxylation is 1. The minimum absolute atomic E-state index is 0.0282. The second-order valence-electron chi connectivity index (χ2n) is 4.50. The first-order valence-electron chi connectivity index (χ1n) is 6.18. The van der Waals surface area contributed by atoms with E-state index in [4.69, 9.17) is 15.1 Å². The van der Waals surface area contributed by atoms with E-state index in [-0.39, 0.29) is 5.82 Å². The Labute approximate surface area is 114 Å². The van der Waals surface area contributed by atoms with Crippen molar-refractivity contribution < 1.29 is 25.3 Å². The molecular formula is C11H17N3O6. The standard InChI is InChI=1S/C11H17N3O6/c1-2-5-3-14(11(18)12-9(5)13-19)10-8(17)7(16)6(4-15)20-10/h3,6-8,10,15-17,19H,2,4H2,1H3,(H,12,13,18)/t6-,7?,8?,10-/m1/s1. The fourth-order valence-corrected chi connectivity index (χ4v) is 2.16. The molecule has 9 heteroatoms. The van der Waals surface area contributed by atoms with E-state index < -0.39 is 36.8 Å². The second kappa shape index (κ2) is 5.85. The lowest BCUT2D eigenvalue weighted by Gasteiger charge is -2.18. The molecule has 0 bridgehead atoms. The molecule has 2 rings (SSSR count). The number of hydrogen-bond donors (Lipinski definition) is 5. The molecule has 0 aliphatic carbocycles. The zero-order valence-electron chi connectivity index (χ0n) is 10.8. The summed E-state index contributed by atoms with van der Waals surface area (Å²) in [5.74, 6) is 0.0282. The molecule has 112 valence electrons. The number of aromatic nitrogens is 2. The van der Waals surface area contributed by atoms with E-state index in [9.17, 15) is 15.0 Å². The molecule has 9 nitrogen and oxygen atoms in total. The van der Waals surface area contributed by atoms with Gasteiger partial charge in [-0.1, -0.05) is 6.92 Å². The molecule has 0 amide bonds. The first-order valence-corrected chi connectivity index (χ1v) is 6.18. The molecule has 2 heterocycles. The fourth-order valence-electron chi connectivity index (χ4n) is 2.16. The van der Waals surface area contributed by atoms with Crippen molar-refractivity contribution in [3.05, 3.63) is 22.2 Å². The molecule has 0 aromatic carbocycles. The van der Waals surface area contributed by atoms with E-state index in [1.54, 1.807) is 6.92 Å². The number of nitrogens with one attached hydrogen (secondary N) is 1. The lowest BCUT2D eigenvalue weighted by Crippen LogP contribution is -2.36. The molecule has 1 aromatic rings. The van der Waals surface area contributed by atoms with Crippen LogP contribution in [0.2, 0.25) is 0 Å². The van der Waals surface area contributed by atoms with Crippen molar-refractivity contribution in [3.63, 3.8) is 0 Å². The molecule has 1 aromatic heterocycles. The number of nitrogens with zero attached hydrogens (tertiary/aromatic N) is 2. The van der Waals surface area contributed by atoms with Gasteiger partial charge in [0.05, 0.1) is 6.61 Å². The third-order valence-electron chi connectivity index (χ3n) is 3.31. The summed E-state index contributed by atoms with van der Waals surface area (Å²) in [6, 6.07) is 0. The summed E-state index contributed by atoms with van der Waals surface area (Å²) in [7, 11) is 0. The van der Waals surface area contributed by atoms with Crippen molar-refractivity contribution in [1.82, 2.24) is 9.55 Å². The SMILES string of the molecule is CCc1cn([C@@H]2O[C@H](CO)C(O)C2O)c(=O)nc1NO. The van der Waals surface area contributed by atoms with E-state index in [0.717, 1.165) is 4.57 Å². The smallest absolute Gasteiger partial charge is 0.351 e. The zero-order valence-corrected chi connectivity index (χ0v) is 10.8. The Morgan fingerprint density at radius 3 is 2.65 bits per heavy atom. The molecule has 0 saturated carbocycles. The maximum Gasteiger partial charge on any atom is 0.351 e. The zero-order chi connectivity index (χ0) is 14.9. The predicted octanol–water partition coefficient (Wildman–Crippen LogP) is -1.78. The summed E-state index contributed by atoms with van der Waals surface area (Å²) < 4.78 is 6.30. The molecular weight excluding hydrogens is 270 g/mol. The van der Waals surface area contributed by atoms with Crippen LogP contribution in [0.25, 0.3) is 0 Å². The van der Waals surface area contributed by atoms with Gasteiger partial charge in [0.2, 0.25) is 0 Å². The van der Waals surface area contributed by atoms with Crippen LogP contribution in [0.4, 0.5) is 5.82 Å². The molecule has 4 atom stereocenters. The van der Waals surface area contributed by atoms with Crippen LogP contribution in [-0.2, 0) is 11.2 Å².